The molecule has 0 radical (unpaired) electrons. The van der Waals surface area contributed by atoms with Crippen LogP contribution in [0.3, 0.4) is 0 Å². The van der Waals surface area contributed by atoms with Crippen LogP contribution in [0.15, 0.2) is 12.1 Å². The molecular formula is C16H25NOS. The first-order chi connectivity index (χ1) is 8.99. The molecule has 3 atom stereocenters. The Kier molecular flexibility index (Phi) is 4.93. The molecule has 0 saturated carbocycles. The highest BCUT2D eigenvalue weighted by Crippen LogP contribution is 2.31. The van der Waals surface area contributed by atoms with Crippen molar-refractivity contribution in [1.29, 1.82) is 0 Å². The average molecular weight is 279 g/mol. The zero-order valence-corrected chi connectivity index (χ0v) is 13.2. The maximum atomic E-state index is 6.41. The minimum Gasteiger partial charge on any atom is -0.377 e. The first-order valence-corrected chi connectivity index (χ1v) is 8.10. The fraction of sp³-hybridized carbons (Fsp3) is 0.625. The number of ether oxygens (including phenoxy) is 1. The SMILES string of the molecule is Cc1cc(C)c(C(N)CSC2CCOC2C)c(C)c1. The highest BCUT2D eigenvalue weighted by molar-refractivity contribution is 8.00. The number of hydrogen-bond acceptors (Lipinski definition) is 3. The summed E-state index contributed by atoms with van der Waals surface area (Å²) in [6, 6.07) is 4.58. The number of hydrogen-bond donors (Lipinski definition) is 1. The lowest BCUT2D eigenvalue weighted by Gasteiger charge is -2.21. The van der Waals surface area contributed by atoms with Crippen molar-refractivity contribution in [2.45, 2.75) is 51.5 Å². The molecule has 1 aromatic rings. The van der Waals surface area contributed by atoms with Crippen LogP contribution in [0.25, 0.3) is 0 Å². The van der Waals surface area contributed by atoms with Crippen molar-refractivity contribution in [3.8, 4) is 0 Å². The van der Waals surface area contributed by atoms with Gasteiger partial charge in [0, 0.05) is 23.7 Å². The summed E-state index contributed by atoms with van der Waals surface area (Å²) in [5.74, 6) is 0.975. The quantitative estimate of drug-likeness (QED) is 0.916. The smallest absolute Gasteiger partial charge is 0.0666 e. The van der Waals surface area contributed by atoms with E-state index in [1.165, 1.54) is 22.3 Å². The second-order valence-electron chi connectivity index (χ2n) is 5.66. The van der Waals surface area contributed by atoms with Crippen LogP contribution < -0.4 is 5.73 Å². The van der Waals surface area contributed by atoms with E-state index in [-0.39, 0.29) is 6.04 Å². The van der Waals surface area contributed by atoms with Gasteiger partial charge in [0.1, 0.15) is 0 Å². The predicted octanol–water partition coefficient (Wildman–Crippen LogP) is 3.52. The minimum atomic E-state index is 0.124. The molecule has 0 amide bonds. The standard InChI is InChI=1S/C16H25NOS/c1-10-7-11(2)16(12(3)8-10)14(17)9-19-15-5-6-18-13(15)4/h7-8,13-15H,5-6,9,17H2,1-4H3. The highest BCUT2D eigenvalue weighted by Gasteiger charge is 2.25. The van der Waals surface area contributed by atoms with Gasteiger partial charge in [-0.3, -0.25) is 0 Å². The molecule has 1 aliphatic heterocycles. The molecule has 0 aromatic heterocycles. The van der Waals surface area contributed by atoms with Gasteiger partial charge in [-0.05, 0) is 50.8 Å². The fourth-order valence-electron chi connectivity index (χ4n) is 3.02. The Morgan fingerprint density at radius 3 is 2.47 bits per heavy atom. The molecule has 1 aliphatic rings. The van der Waals surface area contributed by atoms with Crippen LogP contribution >= 0.6 is 11.8 Å². The van der Waals surface area contributed by atoms with Gasteiger partial charge >= 0.3 is 0 Å². The van der Waals surface area contributed by atoms with Crippen molar-refractivity contribution >= 4 is 11.8 Å². The van der Waals surface area contributed by atoms with Crippen molar-refractivity contribution in [3.05, 3.63) is 34.4 Å². The molecule has 1 aromatic carbocycles. The second-order valence-corrected chi connectivity index (χ2v) is 6.93. The van der Waals surface area contributed by atoms with Crippen LogP contribution in [-0.4, -0.2) is 23.7 Å². The van der Waals surface area contributed by atoms with Crippen molar-refractivity contribution in [1.82, 2.24) is 0 Å². The summed E-state index contributed by atoms with van der Waals surface area (Å²) in [6.45, 7) is 9.54. The maximum absolute atomic E-state index is 6.41. The Morgan fingerprint density at radius 1 is 1.32 bits per heavy atom. The van der Waals surface area contributed by atoms with Gasteiger partial charge in [-0.1, -0.05) is 17.7 Å². The van der Waals surface area contributed by atoms with E-state index in [1.807, 2.05) is 11.8 Å². The van der Waals surface area contributed by atoms with E-state index in [9.17, 15) is 0 Å². The van der Waals surface area contributed by atoms with Gasteiger partial charge < -0.3 is 10.5 Å². The third-order valence-electron chi connectivity index (χ3n) is 3.91. The highest BCUT2D eigenvalue weighted by atomic mass is 32.2. The first kappa shape index (κ1) is 14.9. The normalized spacial score (nSPS) is 24.7. The molecule has 2 N–H and O–H groups in total. The van der Waals surface area contributed by atoms with E-state index in [1.54, 1.807) is 0 Å². The summed E-state index contributed by atoms with van der Waals surface area (Å²) in [5.41, 5.74) is 11.7. The third kappa shape index (κ3) is 3.53. The van der Waals surface area contributed by atoms with Crippen LogP contribution in [0.4, 0.5) is 0 Å². The molecule has 0 aliphatic carbocycles. The third-order valence-corrected chi connectivity index (χ3v) is 5.50. The van der Waals surface area contributed by atoms with Gasteiger partial charge in [0.2, 0.25) is 0 Å². The monoisotopic (exact) mass is 279 g/mol. The Hall–Kier alpha value is -0.510. The Bertz CT molecular complexity index is 423. The molecule has 106 valence electrons. The molecule has 2 nitrogen and oxygen atoms in total. The van der Waals surface area contributed by atoms with Crippen LogP contribution in [0.5, 0.6) is 0 Å². The van der Waals surface area contributed by atoms with Crippen LogP contribution in [0.1, 0.15) is 41.6 Å². The summed E-state index contributed by atoms with van der Waals surface area (Å²) in [4.78, 5) is 0. The summed E-state index contributed by atoms with van der Waals surface area (Å²) in [7, 11) is 0. The molecule has 3 heteroatoms. The lowest BCUT2D eigenvalue weighted by atomic mass is 9.95. The molecule has 0 bridgehead atoms. The Labute approximate surface area is 121 Å². The molecule has 1 heterocycles. The first-order valence-electron chi connectivity index (χ1n) is 7.05. The molecule has 2 rings (SSSR count). The van der Waals surface area contributed by atoms with Crippen LogP contribution in [0.2, 0.25) is 0 Å². The van der Waals surface area contributed by atoms with Gasteiger partial charge in [0.05, 0.1) is 6.10 Å². The number of nitrogens with two attached hydrogens (primary N) is 1. The average Bonchev–Trinajstić information content (AvgIpc) is 2.70. The number of benzene rings is 1. The molecular weight excluding hydrogens is 254 g/mol. The lowest BCUT2D eigenvalue weighted by molar-refractivity contribution is 0.127. The molecule has 1 fully saturated rings. The minimum absolute atomic E-state index is 0.124. The molecule has 19 heavy (non-hydrogen) atoms. The van der Waals surface area contributed by atoms with Gasteiger partial charge in [0.25, 0.3) is 0 Å². The number of rotatable bonds is 4. The van der Waals surface area contributed by atoms with E-state index in [2.05, 4.69) is 39.8 Å². The van der Waals surface area contributed by atoms with Crippen molar-refractivity contribution in [2.24, 2.45) is 5.73 Å². The maximum Gasteiger partial charge on any atom is 0.0666 e. The zero-order chi connectivity index (χ0) is 14.0. The van der Waals surface area contributed by atoms with E-state index in [0.29, 0.717) is 11.4 Å². The second kappa shape index (κ2) is 6.29. The van der Waals surface area contributed by atoms with Gasteiger partial charge in [-0.2, -0.15) is 11.8 Å². The molecule has 3 unspecified atom stereocenters. The summed E-state index contributed by atoms with van der Waals surface area (Å²) < 4.78 is 5.60. The fourth-order valence-corrected chi connectivity index (χ4v) is 4.25. The van der Waals surface area contributed by atoms with E-state index >= 15 is 0 Å². The van der Waals surface area contributed by atoms with Gasteiger partial charge in [-0.25, -0.2) is 0 Å². The van der Waals surface area contributed by atoms with Gasteiger partial charge in [-0.15, -0.1) is 0 Å². The summed E-state index contributed by atoms with van der Waals surface area (Å²) >= 11 is 1.97. The van der Waals surface area contributed by atoms with Gasteiger partial charge in [0.15, 0.2) is 0 Å². The largest absolute Gasteiger partial charge is 0.377 e. The summed E-state index contributed by atoms with van der Waals surface area (Å²) in [5, 5.41) is 0.608. The van der Waals surface area contributed by atoms with E-state index < -0.39 is 0 Å². The molecule has 0 spiro atoms. The number of thioether (sulfide) groups is 1. The lowest BCUT2D eigenvalue weighted by Crippen LogP contribution is -2.20. The Morgan fingerprint density at radius 2 is 1.95 bits per heavy atom. The predicted molar refractivity (Wildman–Crippen MR) is 83.9 cm³/mol. The Balaban J connectivity index is 2.02. The summed E-state index contributed by atoms with van der Waals surface area (Å²) in [6.07, 6.45) is 1.53. The zero-order valence-electron chi connectivity index (χ0n) is 12.4. The van der Waals surface area contributed by atoms with Crippen molar-refractivity contribution in [2.75, 3.05) is 12.4 Å². The van der Waals surface area contributed by atoms with Crippen LogP contribution in [-0.2, 0) is 4.74 Å². The molecule has 1 saturated heterocycles. The van der Waals surface area contributed by atoms with E-state index in [0.717, 1.165) is 18.8 Å². The van der Waals surface area contributed by atoms with Crippen molar-refractivity contribution < 1.29 is 4.74 Å². The van der Waals surface area contributed by atoms with Crippen LogP contribution in [0, 0.1) is 20.8 Å². The topological polar surface area (TPSA) is 35.2 Å². The number of aryl methyl sites for hydroxylation is 3. The van der Waals surface area contributed by atoms with E-state index in [4.69, 9.17) is 10.5 Å². The van der Waals surface area contributed by atoms with Crippen molar-refractivity contribution in [3.63, 3.8) is 0 Å².